The van der Waals surface area contributed by atoms with Crippen LogP contribution in [0.4, 0.5) is 0 Å². The van der Waals surface area contributed by atoms with Crippen LogP contribution in [0.2, 0.25) is 0 Å². The summed E-state index contributed by atoms with van der Waals surface area (Å²) >= 11 is 0. The summed E-state index contributed by atoms with van der Waals surface area (Å²) in [6, 6.07) is 0.370. The first-order chi connectivity index (χ1) is 9.56. The molecule has 3 atom stereocenters. The van der Waals surface area contributed by atoms with E-state index in [4.69, 9.17) is 10.5 Å². The molecule has 2 heterocycles. The summed E-state index contributed by atoms with van der Waals surface area (Å²) in [5.41, 5.74) is 5.72. The van der Waals surface area contributed by atoms with Crippen LogP contribution in [0.5, 0.6) is 0 Å². The van der Waals surface area contributed by atoms with Crippen LogP contribution in [0.3, 0.4) is 0 Å². The normalized spacial score (nSPS) is 42.0. The maximum atomic E-state index is 12.1. The highest BCUT2D eigenvalue weighted by Crippen LogP contribution is 2.37. The van der Waals surface area contributed by atoms with Crippen LogP contribution in [0, 0.1) is 0 Å². The minimum absolute atomic E-state index is 0.236. The summed E-state index contributed by atoms with van der Waals surface area (Å²) < 4.78 is 30.1. The standard InChI is InChI=1S/C14H26N2O3S/c15-10-14(6-3-9-20(17,18)11-14)16-7-8-19-13-5-2-1-4-12(13)16/h12-13H,1-11,15H2. The molecule has 1 aliphatic carbocycles. The molecule has 0 amide bonds. The van der Waals surface area contributed by atoms with Gasteiger partial charge in [-0.2, -0.15) is 0 Å². The Morgan fingerprint density at radius 3 is 2.80 bits per heavy atom. The predicted octanol–water partition coefficient (Wildman–Crippen LogP) is 0.536. The third kappa shape index (κ3) is 2.63. The zero-order valence-electron chi connectivity index (χ0n) is 12.1. The molecule has 5 nitrogen and oxygen atoms in total. The van der Waals surface area contributed by atoms with Crippen molar-refractivity contribution in [1.29, 1.82) is 0 Å². The summed E-state index contributed by atoms with van der Waals surface area (Å²) in [5, 5.41) is 0. The fourth-order valence-electron chi connectivity index (χ4n) is 4.36. The van der Waals surface area contributed by atoms with Gasteiger partial charge in [-0.1, -0.05) is 12.8 Å². The number of morpholine rings is 1. The molecule has 6 heteroatoms. The van der Waals surface area contributed by atoms with Gasteiger partial charge < -0.3 is 10.5 Å². The minimum atomic E-state index is -2.95. The molecule has 3 fully saturated rings. The fourth-order valence-corrected chi connectivity index (χ4v) is 6.34. The van der Waals surface area contributed by atoms with Crippen LogP contribution in [-0.4, -0.2) is 62.2 Å². The van der Waals surface area contributed by atoms with Crippen molar-refractivity contribution in [2.75, 3.05) is 31.2 Å². The van der Waals surface area contributed by atoms with Gasteiger partial charge in [0.15, 0.2) is 9.84 Å². The fraction of sp³-hybridized carbons (Fsp3) is 1.00. The van der Waals surface area contributed by atoms with E-state index in [1.807, 2.05) is 0 Å². The lowest BCUT2D eigenvalue weighted by Crippen LogP contribution is -2.68. The first kappa shape index (κ1) is 14.8. The van der Waals surface area contributed by atoms with Crippen molar-refractivity contribution < 1.29 is 13.2 Å². The van der Waals surface area contributed by atoms with Crippen LogP contribution in [-0.2, 0) is 14.6 Å². The second kappa shape index (κ2) is 5.55. The average molecular weight is 302 g/mol. The second-order valence-corrected chi connectivity index (χ2v) is 8.76. The van der Waals surface area contributed by atoms with Gasteiger partial charge in [-0.15, -0.1) is 0 Å². The molecule has 0 radical (unpaired) electrons. The number of nitrogens with zero attached hydrogens (tertiary/aromatic N) is 1. The highest BCUT2D eigenvalue weighted by molar-refractivity contribution is 7.91. The van der Waals surface area contributed by atoms with Gasteiger partial charge in [-0.05, 0) is 25.7 Å². The molecule has 2 N–H and O–H groups in total. The van der Waals surface area contributed by atoms with E-state index in [2.05, 4.69) is 4.90 Å². The van der Waals surface area contributed by atoms with Gasteiger partial charge in [-0.3, -0.25) is 4.90 Å². The van der Waals surface area contributed by atoms with Crippen molar-refractivity contribution in [3.8, 4) is 0 Å². The van der Waals surface area contributed by atoms with E-state index >= 15 is 0 Å². The molecule has 1 saturated carbocycles. The average Bonchev–Trinajstić information content (AvgIpc) is 2.45. The van der Waals surface area contributed by atoms with E-state index in [1.165, 1.54) is 12.8 Å². The van der Waals surface area contributed by atoms with E-state index in [-0.39, 0.29) is 17.4 Å². The number of nitrogens with two attached hydrogens (primary N) is 1. The molecule has 20 heavy (non-hydrogen) atoms. The van der Waals surface area contributed by atoms with E-state index in [9.17, 15) is 8.42 Å². The highest BCUT2D eigenvalue weighted by Gasteiger charge is 2.48. The summed E-state index contributed by atoms with van der Waals surface area (Å²) in [5.74, 6) is 0.562. The number of hydrogen-bond donors (Lipinski definition) is 1. The SMILES string of the molecule is NCC1(N2CCOC3CCCCC32)CCCS(=O)(=O)C1. The second-order valence-electron chi connectivity index (χ2n) is 6.58. The van der Waals surface area contributed by atoms with Crippen molar-refractivity contribution in [2.24, 2.45) is 5.73 Å². The Labute approximate surface area is 121 Å². The van der Waals surface area contributed by atoms with Crippen LogP contribution in [0.15, 0.2) is 0 Å². The van der Waals surface area contributed by atoms with Gasteiger partial charge in [0.05, 0.1) is 24.2 Å². The van der Waals surface area contributed by atoms with Crippen LogP contribution >= 0.6 is 0 Å². The van der Waals surface area contributed by atoms with Gasteiger partial charge in [0.2, 0.25) is 0 Å². The summed E-state index contributed by atoms with van der Waals surface area (Å²) in [6.07, 6.45) is 6.60. The third-order valence-electron chi connectivity index (χ3n) is 5.31. The molecule has 0 bridgehead atoms. The Kier molecular flexibility index (Phi) is 4.10. The lowest BCUT2D eigenvalue weighted by atomic mass is 9.84. The summed E-state index contributed by atoms with van der Waals surface area (Å²) in [7, 11) is -2.95. The van der Waals surface area contributed by atoms with Crippen molar-refractivity contribution in [3.05, 3.63) is 0 Å². The molecule has 116 valence electrons. The Balaban J connectivity index is 1.87. The monoisotopic (exact) mass is 302 g/mol. The number of rotatable bonds is 2. The Bertz CT molecular complexity index is 451. The maximum Gasteiger partial charge on any atom is 0.152 e. The lowest BCUT2D eigenvalue weighted by molar-refractivity contribution is -0.122. The van der Waals surface area contributed by atoms with E-state index in [1.54, 1.807) is 0 Å². The van der Waals surface area contributed by atoms with Crippen molar-refractivity contribution in [3.63, 3.8) is 0 Å². The topological polar surface area (TPSA) is 72.6 Å². The molecule has 3 aliphatic rings. The molecule has 3 rings (SSSR count). The molecule has 2 aliphatic heterocycles. The van der Waals surface area contributed by atoms with Gasteiger partial charge in [0.1, 0.15) is 0 Å². The molecular formula is C14H26N2O3S. The molecular weight excluding hydrogens is 276 g/mol. The first-order valence-electron chi connectivity index (χ1n) is 7.85. The van der Waals surface area contributed by atoms with Gasteiger partial charge in [-0.25, -0.2) is 8.42 Å². The molecule has 0 aromatic rings. The Hall–Kier alpha value is -0.170. The predicted molar refractivity (Wildman–Crippen MR) is 78.4 cm³/mol. The Morgan fingerprint density at radius 1 is 1.25 bits per heavy atom. The van der Waals surface area contributed by atoms with Crippen LogP contribution in [0.1, 0.15) is 38.5 Å². The number of hydrogen-bond acceptors (Lipinski definition) is 5. The summed E-state index contributed by atoms with van der Waals surface area (Å²) in [4.78, 5) is 2.41. The summed E-state index contributed by atoms with van der Waals surface area (Å²) in [6.45, 7) is 1.98. The Morgan fingerprint density at radius 2 is 2.05 bits per heavy atom. The van der Waals surface area contributed by atoms with E-state index in [0.717, 1.165) is 32.2 Å². The molecule has 0 aromatic carbocycles. The first-order valence-corrected chi connectivity index (χ1v) is 9.67. The molecule has 0 spiro atoms. The number of ether oxygens (including phenoxy) is 1. The maximum absolute atomic E-state index is 12.1. The molecule has 3 unspecified atom stereocenters. The zero-order chi connectivity index (χ0) is 14.2. The van der Waals surface area contributed by atoms with E-state index < -0.39 is 9.84 Å². The molecule has 2 saturated heterocycles. The smallest absolute Gasteiger partial charge is 0.152 e. The number of sulfone groups is 1. The van der Waals surface area contributed by atoms with Crippen molar-refractivity contribution in [2.45, 2.75) is 56.2 Å². The highest BCUT2D eigenvalue weighted by atomic mass is 32.2. The molecule has 0 aromatic heterocycles. The van der Waals surface area contributed by atoms with Gasteiger partial charge in [0.25, 0.3) is 0 Å². The van der Waals surface area contributed by atoms with Crippen molar-refractivity contribution in [1.82, 2.24) is 4.90 Å². The third-order valence-corrected chi connectivity index (χ3v) is 7.20. The van der Waals surface area contributed by atoms with Crippen molar-refractivity contribution >= 4 is 9.84 Å². The van der Waals surface area contributed by atoms with Gasteiger partial charge >= 0.3 is 0 Å². The largest absolute Gasteiger partial charge is 0.375 e. The van der Waals surface area contributed by atoms with Crippen LogP contribution in [0.25, 0.3) is 0 Å². The number of fused-ring (bicyclic) bond motifs is 1. The van der Waals surface area contributed by atoms with E-state index in [0.29, 0.717) is 24.9 Å². The minimum Gasteiger partial charge on any atom is -0.375 e. The zero-order valence-corrected chi connectivity index (χ0v) is 12.9. The quantitative estimate of drug-likeness (QED) is 0.806. The van der Waals surface area contributed by atoms with Crippen LogP contribution < -0.4 is 5.73 Å². The van der Waals surface area contributed by atoms with Gasteiger partial charge in [0, 0.05) is 24.7 Å². The lowest BCUT2D eigenvalue weighted by Gasteiger charge is -2.54.